The van der Waals surface area contributed by atoms with Crippen LogP contribution < -0.4 is 24.0 Å². The van der Waals surface area contributed by atoms with E-state index < -0.39 is 0 Å². The van der Waals surface area contributed by atoms with Crippen LogP contribution in [0.1, 0.15) is 5.56 Å². The van der Waals surface area contributed by atoms with Gasteiger partial charge in [-0.25, -0.2) is 0 Å². The van der Waals surface area contributed by atoms with E-state index >= 15 is 0 Å². The van der Waals surface area contributed by atoms with Crippen molar-refractivity contribution in [3.8, 4) is 0 Å². The van der Waals surface area contributed by atoms with E-state index in [4.69, 9.17) is 0 Å². The third-order valence-corrected chi connectivity index (χ3v) is 2.47. The molecular weight excluding hydrogens is 309 g/mol. The summed E-state index contributed by atoms with van der Waals surface area (Å²) in [4.78, 5) is 0. The minimum atomic E-state index is 0. The lowest BCUT2D eigenvalue weighted by Crippen LogP contribution is -3.00. The first-order valence-electron chi connectivity index (χ1n) is 5.33. The zero-order chi connectivity index (χ0) is 10.9. The highest BCUT2D eigenvalue weighted by atomic mass is 127. The van der Waals surface area contributed by atoms with Crippen LogP contribution in [0, 0.1) is 0 Å². The zero-order valence-electron chi connectivity index (χ0n) is 10.1. The van der Waals surface area contributed by atoms with Gasteiger partial charge in [-0.2, -0.15) is 0 Å². The Kier molecular flexibility index (Phi) is 4.33. The number of hydrogen-bond acceptors (Lipinski definition) is 0. The molecule has 0 saturated heterocycles. The minimum absolute atomic E-state index is 0. The lowest BCUT2D eigenvalue weighted by atomic mass is 10.1. The van der Waals surface area contributed by atoms with Gasteiger partial charge in [0.2, 0.25) is 0 Å². The molecule has 0 fully saturated rings. The Morgan fingerprint density at radius 2 is 1.50 bits per heavy atom. The van der Waals surface area contributed by atoms with Gasteiger partial charge < -0.3 is 28.5 Å². The second-order valence-electron chi connectivity index (χ2n) is 5.13. The van der Waals surface area contributed by atoms with E-state index in [1.165, 1.54) is 16.3 Å². The average Bonchev–Trinajstić information content (AvgIpc) is 2.15. The van der Waals surface area contributed by atoms with Crippen molar-refractivity contribution in [2.24, 2.45) is 0 Å². The van der Waals surface area contributed by atoms with Crippen molar-refractivity contribution in [3.05, 3.63) is 48.0 Å². The number of nitrogens with zero attached hydrogens (tertiary/aromatic N) is 1. The molecule has 2 aromatic rings. The average molecular weight is 327 g/mol. The topological polar surface area (TPSA) is 0 Å². The Morgan fingerprint density at radius 1 is 0.875 bits per heavy atom. The van der Waals surface area contributed by atoms with Crippen LogP contribution in [0.25, 0.3) is 10.8 Å². The molecule has 2 aromatic carbocycles. The molecule has 0 spiro atoms. The molecule has 0 amide bonds. The van der Waals surface area contributed by atoms with Gasteiger partial charge in [0, 0.05) is 5.56 Å². The number of rotatable bonds is 2. The van der Waals surface area contributed by atoms with Gasteiger partial charge in [0.1, 0.15) is 6.54 Å². The van der Waals surface area contributed by atoms with Crippen LogP contribution in [-0.2, 0) is 6.54 Å². The molecule has 16 heavy (non-hydrogen) atoms. The van der Waals surface area contributed by atoms with Crippen molar-refractivity contribution in [2.45, 2.75) is 6.54 Å². The molecule has 0 aliphatic heterocycles. The molecule has 0 heterocycles. The van der Waals surface area contributed by atoms with Crippen LogP contribution in [0.3, 0.4) is 0 Å². The van der Waals surface area contributed by atoms with Gasteiger partial charge in [-0.15, -0.1) is 0 Å². The lowest BCUT2D eigenvalue weighted by Gasteiger charge is -2.24. The molecule has 2 heteroatoms. The predicted octanol–water partition coefficient (Wildman–Crippen LogP) is 0.0500. The highest BCUT2D eigenvalue weighted by Crippen LogP contribution is 2.17. The molecular formula is C14H18IN. The quantitative estimate of drug-likeness (QED) is 0.540. The van der Waals surface area contributed by atoms with Gasteiger partial charge in [-0.05, 0) is 16.8 Å². The summed E-state index contributed by atoms with van der Waals surface area (Å²) in [5, 5.41) is 2.66. The SMILES string of the molecule is C[N+](C)(C)Cc1ccc2ccccc2c1.[I-]. The molecule has 0 aliphatic rings. The van der Waals surface area contributed by atoms with Gasteiger partial charge in [0.25, 0.3) is 0 Å². The maximum atomic E-state index is 2.29. The fourth-order valence-corrected chi connectivity index (χ4v) is 1.88. The molecule has 0 bridgehead atoms. The number of fused-ring (bicyclic) bond motifs is 1. The van der Waals surface area contributed by atoms with Gasteiger partial charge >= 0.3 is 0 Å². The van der Waals surface area contributed by atoms with Crippen LogP contribution in [-0.4, -0.2) is 25.6 Å². The fraction of sp³-hybridized carbons (Fsp3) is 0.286. The number of quaternary nitrogens is 1. The Labute approximate surface area is 115 Å². The minimum Gasteiger partial charge on any atom is -1.00 e. The highest BCUT2D eigenvalue weighted by Gasteiger charge is 2.08. The first-order chi connectivity index (χ1) is 7.04. The van der Waals surface area contributed by atoms with Crippen molar-refractivity contribution in [2.75, 3.05) is 21.1 Å². The maximum absolute atomic E-state index is 2.29. The highest BCUT2D eigenvalue weighted by molar-refractivity contribution is 5.82. The molecule has 0 N–H and O–H groups in total. The van der Waals surface area contributed by atoms with E-state index in [0.29, 0.717) is 0 Å². The predicted molar refractivity (Wildman–Crippen MR) is 65.7 cm³/mol. The molecule has 0 aromatic heterocycles. The largest absolute Gasteiger partial charge is 1.00 e. The zero-order valence-corrected chi connectivity index (χ0v) is 12.2. The molecule has 0 unspecified atom stereocenters. The Hall–Kier alpha value is -0.610. The summed E-state index contributed by atoms with van der Waals surface area (Å²) < 4.78 is 0.971. The molecule has 86 valence electrons. The van der Waals surface area contributed by atoms with Crippen LogP contribution in [0.2, 0.25) is 0 Å². The van der Waals surface area contributed by atoms with Crippen molar-refractivity contribution in [3.63, 3.8) is 0 Å². The maximum Gasteiger partial charge on any atom is 0.104 e. The van der Waals surface area contributed by atoms with E-state index in [-0.39, 0.29) is 24.0 Å². The smallest absolute Gasteiger partial charge is 0.104 e. The second-order valence-corrected chi connectivity index (χ2v) is 5.13. The summed E-state index contributed by atoms with van der Waals surface area (Å²) in [5.74, 6) is 0. The summed E-state index contributed by atoms with van der Waals surface area (Å²) in [6.07, 6.45) is 0. The van der Waals surface area contributed by atoms with Gasteiger partial charge in [0.05, 0.1) is 21.1 Å². The van der Waals surface area contributed by atoms with E-state index in [1.54, 1.807) is 0 Å². The Balaban J connectivity index is 0.00000128. The molecule has 2 rings (SSSR count). The summed E-state index contributed by atoms with van der Waals surface area (Å²) in [5.41, 5.74) is 1.40. The summed E-state index contributed by atoms with van der Waals surface area (Å²) in [6, 6.07) is 15.2. The number of halogens is 1. The first-order valence-corrected chi connectivity index (χ1v) is 5.33. The van der Waals surface area contributed by atoms with E-state index in [1.807, 2.05) is 0 Å². The monoisotopic (exact) mass is 327 g/mol. The fourth-order valence-electron chi connectivity index (χ4n) is 1.88. The van der Waals surface area contributed by atoms with Gasteiger partial charge in [0.15, 0.2) is 0 Å². The van der Waals surface area contributed by atoms with Crippen LogP contribution in [0.4, 0.5) is 0 Å². The Bertz CT molecular complexity index is 471. The van der Waals surface area contributed by atoms with Crippen LogP contribution >= 0.6 is 0 Å². The number of benzene rings is 2. The molecule has 0 saturated carbocycles. The van der Waals surface area contributed by atoms with Crippen LogP contribution in [0.5, 0.6) is 0 Å². The molecule has 1 nitrogen and oxygen atoms in total. The third kappa shape index (κ3) is 3.46. The summed E-state index contributed by atoms with van der Waals surface area (Å²) in [6.45, 7) is 1.07. The summed E-state index contributed by atoms with van der Waals surface area (Å²) in [7, 11) is 6.65. The van der Waals surface area contributed by atoms with E-state index in [2.05, 4.69) is 63.6 Å². The van der Waals surface area contributed by atoms with Crippen LogP contribution in [0.15, 0.2) is 42.5 Å². The van der Waals surface area contributed by atoms with Gasteiger partial charge in [-0.1, -0.05) is 36.4 Å². The van der Waals surface area contributed by atoms with E-state index in [0.717, 1.165) is 11.0 Å². The molecule has 0 aliphatic carbocycles. The summed E-state index contributed by atoms with van der Waals surface area (Å²) >= 11 is 0. The molecule has 0 atom stereocenters. The number of hydrogen-bond donors (Lipinski definition) is 0. The lowest BCUT2D eigenvalue weighted by molar-refractivity contribution is -0.883. The van der Waals surface area contributed by atoms with Gasteiger partial charge in [-0.3, -0.25) is 0 Å². The van der Waals surface area contributed by atoms with E-state index in [9.17, 15) is 0 Å². The Morgan fingerprint density at radius 3 is 2.12 bits per heavy atom. The second kappa shape index (κ2) is 5.15. The first kappa shape index (κ1) is 13.5. The normalized spacial score (nSPS) is 11.2. The van der Waals surface area contributed by atoms with Crippen molar-refractivity contribution in [1.29, 1.82) is 0 Å². The van der Waals surface area contributed by atoms with Crippen molar-refractivity contribution in [1.82, 2.24) is 0 Å². The van der Waals surface area contributed by atoms with Crippen molar-refractivity contribution < 1.29 is 28.5 Å². The molecule has 0 radical (unpaired) electrons. The third-order valence-electron chi connectivity index (χ3n) is 2.47. The van der Waals surface area contributed by atoms with Crippen molar-refractivity contribution >= 4 is 10.8 Å². The standard InChI is InChI=1S/C14H18N.HI/c1-15(2,3)11-12-8-9-13-6-4-5-7-14(13)10-12;/h4-10H,11H2,1-3H3;1H/q+1;/p-1.